The molecule has 0 atom stereocenters. The molecule has 0 fully saturated rings. The van der Waals surface area contributed by atoms with Crippen LogP contribution in [0, 0.1) is 0 Å². The summed E-state index contributed by atoms with van der Waals surface area (Å²) in [5.41, 5.74) is 0. The van der Waals surface area contributed by atoms with Crippen LogP contribution in [0.5, 0.6) is 0 Å². The van der Waals surface area contributed by atoms with Crippen LogP contribution in [0.4, 0.5) is 0 Å². The Kier molecular flexibility index (Phi) is 4.69. The minimum absolute atomic E-state index is 0.0835. The Hall–Kier alpha value is -0.960. The molecule has 15 heavy (non-hydrogen) atoms. The van der Waals surface area contributed by atoms with Gasteiger partial charge in [-0.1, -0.05) is 13.3 Å². The van der Waals surface area contributed by atoms with E-state index in [1.54, 1.807) is 24.1 Å². The van der Waals surface area contributed by atoms with Crippen molar-refractivity contribution >= 4 is 17.5 Å². The van der Waals surface area contributed by atoms with Crippen LogP contribution in [0.1, 0.15) is 36.1 Å². The zero-order valence-electron chi connectivity index (χ0n) is 9.12. The maximum atomic E-state index is 11.8. The first-order valence-electron chi connectivity index (χ1n) is 5.09. The van der Waals surface area contributed by atoms with Crippen LogP contribution in [0.3, 0.4) is 0 Å². The quantitative estimate of drug-likeness (QED) is 0.728. The van der Waals surface area contributed by atoms with Crippen molar-refractivity contribution in [2.45, 2.75) is 25.6 Å². The second-order valence-corrected chi connectivity index (χ2v) is 3.75. The number of hydrogen-bond donors (Lipinski definition) is 0. The molecule has 4 heteroatoms. The van der Waals surface area contributed by atoms with Crippen LogP contribution in [0.15, 0.2) is 16.5 Å². The molecule has 0 bridgehead atoms. The highest BCUT2D eigenvalue weighted by Crippen LogP contribution is 2.12. The molecule has 84 valence electrons. The number of furan rings is 1. The van der Waals surface area contributed by atoms with Gasteiger partial charge in [0.15, 0.2) is 5.76 Å². The summed E-state index contributed by atoms with van der Waals surface area (Å²) in [4.78, 5) is 13.4. The number of carbonyl (C=O) groups excluding carboxylic acids is 1. The Labute approximate surface area is 95.0 Å². The molecule has 1 rings (SSSR count). The standard InChI is InChI=1S/C11H16ClNO2/c1-3-4-7-13(2)11(14)10-6-5-9(8-12)15-10/h5-6H,3-4,7-8H2,1-2H3. The number of alkyl halides is 1. The van der Waals surface area contributed by atoms with Crippen molar-refractivity contribution in [2.24, 2.45) is 0 Å². The van der Waals surface area contributed by atoms with Crippen LogP contribution < -0.4 is 0 Å². The Morgan fingerprint density at radius 3 is 2.80 bits per heavy atom. The van der Waals surface area contributed by atoms with Crippen LogP contribution in [0.25, 0.3) is 0 Å². The van der Waals surface area contributed by atoms with Gasteiger partial charge in [-0.25, -0.2) is 0 Å². The molecule has 0 aliphatic heterocycles. The predicted octanol–water partition coefficient (Wildman–Crippen LogP) is 2.89. The van der Waals surface area contributed by atoms with E-state index in [0.29, 0.717) is 17.4 Å². The number of amides is 1. The van der Waals surface area contributed by atoms with Crippen molar-refractivity contribution in [1.29, 1.82) is 0 Å². The summed E-state index contributed by atoms with van der Waals surface area (Å²) in [6.07, 6.45) is 2.08. The first kappa shape index (κ1) is 12.1. The molecule has 0 spiro atoms. The second-order valence-electron chi connectivity index (χ2n) is 3.48. The predicted molar refractivity (Wildman–Crippen MR) is 60.1 cm³/mol. The summed E-state index contributed by atoms with van der Waals surface area (Å²) < 4.78 is 5.27. The molecule has 0 radical (unpaired) electrons. The summed E-state index contributed by atoms with van der Waals surface area (Å²) in [5, 5.41) is 0. The van der Waals surface area contributed by atoms with Gasteiger partial charge in [0.05, 0.1) is 5.88 Å². The third-order valence-electron chi connectivity index (χ3n) is 2.20. The van der Waals surface area contributed by atoms with E-state index >= 15 is 0 Å². The Bertz CT molecular complexity index is 322. The number of hydrogen-bond acceptors (Lipinski definition) is 2. The van der Waals surface area contributed by atoms with Gasteiger partial charge in [-0.15, -0.1) is 11.6 Å². The van der Waals surface area contributed by atoms with Crippen LogP contribution in [0.2, 0.25) is 0 Å². The van der Waals surface area contributed by atoms with E-state index in [1.807, 2.05) is 0 Å². The van der Waals surface area contributed by atoms with E-state index in [4.69, 9.17) is 16.0 Å². The molecule has 0 N–H and O–H groups in total. The summed E-state index contributed by atoms with van der Waals surface area (Å²) in [6, 6.07) is 3.40. The maximum Gasteiger partial charge on any atom is 0.289 e. The van der Waals surface area contributed by atoms with E-state index in [-0.39, 0.29) is 5.91 Å². The number of carbonyl (C=O) groups is 1. The molecule has 0 aliphatic rings. The largest absolute Gasteiger partial charge is 0.455 e. The van der Waals surface area contributed by atoms with E-state index in [0.717, 1.165) is 19.4 Å². The van der Waals surface area contributed by atoms with Crippen molar-refractivity contribution in [1.82, 2.24) is 4.90 Å². The summed E-state index contributed by atoms with van der Waals surface area (Å²) in [7, 11) is 1.78. The summed E-state index contributed by atoms with van der Waals surface area (Å²) in [5.74, 6) is 1.21. The normalized spacial score (nSPS) is 10.3. The molecule has 0 aliphatic carbocycles. The molecule has 1 aromatic rings. The Morgan fingerprint density at radius 2 is 2.27 bits per heavy atom. The number of nitrogens with zero attached hydrogens (tertiary/aromatic N) is 1. The molecule has 1 heterocycles. The lowest BCUT2D eigenvalue weighted by molar-refractivity contribution is 0.0760. The first-order valence-corrected chi connectivity index (χ1v) is 5.62. The number of halogens is 1. The molecule has 3 nitrogen and oxygen atoms in total. The van der Waals surface area contributed by atoms with E-state index < -0.39 is 0 Å². The highest BCUT2D eigenvalue weighted by atomic mass is 35.5. The number of unbranched alkanes of at least 4 members (excludes halogenated alkanes) is 1. The SMILES string of the molecule is CCCCN(C)C(=O)c1ccc(CCl)o1. The van der Waals surface area contributed by atoms with Gasteiger partial charge in [-0.05, 0) is 18.6 Å². The zero-order chi connectivity index (χ0) is 11.3. The minimum Gasteiger partial charge on any atom is -0.455 e. The third-order valence-corrected chi connectivity index (χ3v) is 2.46. The van der Waals surface area contributed by atoms with E-state index in [2.05, 4.69) is 6.92 Å². The van der Waals surface area contributed by atoms with Crippen molar-refractivity contribution < 1.29 is 9.21 Å². The van der Waals surface area contributed by atoms with Gasteiger partial charge >= 0.3 is 0 Å². The molecular weight excluding hydrogens is 214 g/mol. The molecule has 0 unspecified atom stereocenters. The maximum absolute atomic E-state index is 11.8. The van der Waals surface area contributed by atoms with Crippen molar-refractivity contribution in [2.75, 3.05) is 13.6 Å². The third kappa shape index (κ3) is 3.27. The van der Waals surface area contributed by atoms with E-state index in [1.165, 1.54) is 0 Å². The van der Waals surface area contributed by atoms with Gasteiger partial charge in [0.1, 0.15) is 5.76 Å². The molecule has 0 aromatic carbocycles. The lowest BCUT2D eigenvalue weighted by Gasteiger charge is -2.14. The van der Waals surface area contributed by atoms with Gasteiger partial charge in [0.25, 0.3) is 5.91 Å². The molecule has 1 aromatic heterocycles. The van der Waals surface area contributed by atoms with Gasteiger partial charge in [-0.2, -0.15) is 0 Å². The average molecular weight is 230 g/mol. The monoisotopic (exact) mass is 229 g/mol. The van der Waals surface area contributed by atoms with Crippen LogP contribution in [-0.4, -0.2) is 24.4 Å². The molecular formula is C11H16ClNO2. The second kappa shape index (κ2) is 5.81. The van der Waals surface area contributed by atoms with E-state index in [9.17, 15) is 4.79 Å². The molecule has 0 saturated carbocycles. The van der Waals surface area contributed by atoms with Gasteiger partial charge < -0.3 is 9.32 Å². The molecule has 0 saturated heterocycles. The summed E-state index contributed by atoms with van der Waals surface area (Å²) in [6.45, 7) is 2.85. The Morgan fingerprint density at radius 1 is 1.53 bits per heavy atom. The topological polar surface area (TPSA) is 33.5 Å². The number of rotatable bonds is 5. The minimum atomic E-state index is -0.0835. The fourth-order valence-electron chi connectivity index (χ4n) is 1.25. The lowest BCUT2D eigenvalue weighted by Crippen LogP contribution is -2.27. The first-order chi connectivity index (χ1) is 7.19. The van der Waals surface area contributed by atoms with Gasteiger partial charge in [-0.3, -0.25) is 4.79 Å². The highest BCUT2D eigenvalue weighted by Gasteiger charge is 2.14. The van der Waals surface area contributed by atoms with Crippen molar-refractivity contribution in [3.05, 3.63) is 23.7 Å². The average Bonchev–Trinajstić information content (AvgIpc) is 2.73. The van der Waals surface area contributed by atoms with Gasteiger partial charge in [0, 0.05) is 13.6 Å². The van der Waals surface area contributed by atoms with Crippen LogP contribution >= 0.6 is 11.6 Å². The highest BCUT2D eigenvalue weighted by molar-refractivity contribution is 6.16. The van der Waals surface area contributed by atoms with Crippen molar-refractivity contribution in [3.63, 3.8) is 0 Å². The Balaban J connectivity index is 2.59. The fourth-order valence-corrected chi connectivity index (χ4v) is 1.39. The summed E-state index contributed by atoms with van der Waals surface area (Å²) >= 11 is 5.59. The van der Waals surface area contributed by atoms with Crippen molar-refractivity contribution in [3.8, 4) is 0 Å². The fraction of sp³-hybridized carbons (Fsp3) is 0.545. The lowest BCUT2D eigenvalue weighted by atomic mass is 10.3. The zero-order valence-corrected chi connectivity index (χ0v) is 9.88. The van der Waals surface area contributed by atoms with Crippen LogP contribution in [-0.2, 0) is 5.88 Å². The molecule has 1 amide bonds. The van der Waals surface area contributed by atoms with Gasteiger partial charge in [0.2, 0.25) is 0 Å². The smallest absolute Gasteiger partial charge is 0.289 e.